The van der Waals surface area contributed by atoms with Gasteiger partial charge in [0, 0.05) is 28.2 Å². The van der Waals surface area contributed by atoms with E-state index in [1.807, 2.05) is 12.1 Å². The fraction of sp³-hybridized carbons (Fsp3) is 0.391. The van der Waals surface area contributed by atoms with Crippen LogP contribution in [0.5, 0.6) is 11.5 Å². The molecule has 4 nitrogen and oxygen atoms in total. The number of fused-ring (bicyclic) bond motifs is 3. The van der Waals surface area contributed by atoms with Crippen LogP contribution in [0.25, 0.3) is 10.9 Å². The van der Waals surface area contributed by atoms with Crippen LogP contribution in [-0.4, -0.2) is 25.2 Å². The van der Waals surface area contributed by atoms with Gasteiger partial charge in [0.15, 0.2) is 11.5 Å². The first-order chi connectivity index (χ1) is 13.6. The second-order valence-electron chi connectivity index (χ2n) is 7.79. The average Bonchev–Trinajstić information content (AvgIpc) is 3.06. The molecule has 28 heavy (non-hydrogen) atoms. The molecule has 1 atom stereocenters. The van der Waals surface area contributed by atoms with E-state index in [1.165, 1.54) is 16.6 Å². The molecule has 1 unspecified atom stereocenters. The smallest absolute Gasteiger partial charge is 0.161 e. The minimum absolute atomic E-state index is 0.0912. The molecule has 0 radical (unpaired) electrons. The van der Waals surface area contributed by atoms with Crippen LogP contribution < -0.4 is 14.8 Å². The largest absolute Gasteiger partial charge is 0.493 e. The highest BCUT2D eigenvalue weighted by atomic mass is 35.5. The number of ether oxygens (including phenoxy) is 2. The van der Waals surface area contributed by atoms with Gasteiger partial charge in [-0.1, -0.05) is 31.5 Å². The van der Waals surface area contributed by atoms with Crippen molar-refractivity contribution in [2.75, 3.05) is 20.3 Å². The molecule has 1 aliphatic rings. The van der Waals surface area contributed by atoms with Gasteiger partial charge in [0.25, 0.3) is 0 Å². The standard InChI is InChI=1S/C23H27ClN2O2/c1-14(2)9-11-28-20-7-4-15(12-21(20)27-3)22-23-17(8-10-25-22)18-13-16(24)5-6-19(18)26-23/h4-7,12-14,22,25-26H,8-11H2,1-3H3. The third kappa shape index (κ3) is 3.71. The van der Waals surface area contributed by atoms with E-state index in [-0.39, 0.29) is 6.04 Å². The molecule has 0 aliphatic carbocycles. The number of aromatic nitrogens is 1. The Morgan fingerprint density at radius 3 is 2.79 bits per heavy atom. The van der Waals surface area contributed by atoms with Crippen molar-refractivity contribution in [2.24, 2.45) is 5.92 Å². The highest BCUT2D eigenvalue weighted by Crippen LogP contribution is 2.37. The third-order valence-electron chi connectivity index (χ3n) is 5.39. The second kappa shape index (κ2) is 8.06. The molecule has 0 saturated heterocycles. The number of rotatable bonds is 6. The molecule has 0 amide bonds. The van der Waals surface area contributed by atoms with Crippen molar-refractivity contribution in [2.45, 2.75) is 32.7 Å². The molecule has 5 heteroatoms. The highest BCUT2D eigenvalue weighted by Gasteiger charge is 2.26. The minimum atomic E-state index is 0.0912. The monoisotopic (exact) mass is 398 g/mol. The predicted molar refractivity (Wildman–Crippen MR) is 115 cm³/mol. The molecular weight excluding hydrogens is 372 g/mol. The van der Waals surface area contributed by atoms with Crippen LogP contribution in [0.1, 0.15) is 43.1 Å². The van der Waals surface area contributed by atoms with E-state index in [2.05, 4.69) is 48.4 Å². The molecule has 0 spiro atoms. The lowest BCUT2D eigenvalue weighted by Gasteiger charge is -2.25. The first-order valence-corrected chi connectivity index (χ1v) is 10.3. The van der Waals surface area contributed by atoms with Crippen LogP contribution in [0.15, 0.2) is 36.4 Å². The Balaban J connectivity index is 1.66. The van der Waals surface area contributed by atoms with Crippen molar-refractivity contribution in [3.8, 4) is 11.5 Å². The van der Waals surface area contributed by atoms with E-state index in [0.29, 0.717) is 12.5 Å². The molecular formula is C23H27ClN2O2. The first kappa shape index (κ1) is 19.2. The average molecular weight is 399 g/mol. The zero-order valence-electron chi connectivity index (χ0n) is 16.6. The summed E-state index contributed by atoms with van der Waals surface area (Å²) >= 11 is 6.23. The number of H-pyrrole nitrogens is 1. The summed E-state index contributed by atoms with van der Waals surface area (Å²) in [6, 6.07) is 12.4. The maximum atomic E-state index is 6.23. The van der Waals surface area contributed by atoms with Gasteiger partial charge in [-0.15, -0.1) is 0 Å². The van der Waals surface area contributed by atoms with Crippen molar-refractivity contribution in [3.05, 3.63) is 58.2 Å². The van der Waals surface area contributed by atoms with Gasteiger partial charge in [0.05, 0.1) is 19.8 Å². The molecule has 0 fully saturated rings. The number of methoxy groups -OCH3 is 1. The van der Waals surface area contributed by atoms with Crippen molar-refractivity contribution in [1.29, 1.82) is 0 Å². The molecule has 0 saturated carbocycles. The number of benzene rings is 2. The van der Waals surface area contributed by atoms with E-state index in [1.54, 1.807) is 7.11 Å². The number of aromatic amines is 1. The molecule has 1 aliphatic heterocycles. The Kier molecular flexibility index (Phi) is 5.51. The van der Waals surface area contributed by atoms with Crippen LogP contribution in [0.3, 0.4) is 0 Å². The molecule has 148 valence electrons. The lowest BCUT2D eigenvalue weighted by Crippen LogP contribution is -2.30. The lowest BCUT2D eigenvalue weighted by molar-refractivity contribution is 0.272. The van der Waals surface area contributed by atoms with E-state index < -0.39 is 0 Å². The zero-order chi connectivity index (χ0) is 19.7. The fourth-order valence-electron chi connectivity index (χ4n) is 3.87. The number of nitrogens with one attached hydrogen (secondary N) is 2. The summed E-state index contributed by atoms with van der Waals surface area (Å²) in [7, 11) is 1.69. The van der Waals surface area contributed by atoms with Gasteiger partial charge < -0.3 is 19.8 Å². The predicted octanol–water partition coefficient (Wildman–Crippen LogP) is 5.49. The lowest BCUT2D eigenvalue weighted by atomic mass is 9.94. The quantitative estimate of drug-likeness (QED) is 0.577. The van der Waals surface area contributed by atoms with Crippen molar-refractivity contribution < 1.29 is 9.47 Å². The highest BCUT2D eigenvalue weighted by molar-refractivity contribution is 6.31. The Morgan fingerprint density at radius 1 is 1.14 bits per heavy atom. The molecule has 2 aromatic carbocycles. The van der Waals surface area contributed by atoms with Gasteiger partial charge in [-0.2, -0.15) is 0 Å². The van der Waals surface area contributed by atoms with E-state index >= 15 is 0 Å². The van der Waals surface area contributed by atoms with E-state index in [4.69, 9.17) is 21.1 Å². The minimum Gasteiger partial charge on any atom is -0.493 e. The fourth-order valence-corrected chi connectivity index (χ4v) is 4.04. The molecule has 2 N–H and O–H groups in total. The van der Waals surface area contributed by atoms with Crippen molar-refractivity contribution >= 4 is 22.5 Å². The van der Waals surface area contributed by atoms with Crippen molar-refractivity contribution in [1.82, 2.24) is 10.3 Å². The van der Waals surface area contributed by atoms with Gasteiger partial charge in [-0.25, -0.2) is 0 Å². The van der Waals surface area contributed by atoms with Crippen LogP contribution in [-0.2, 0) is 6.42 Å². The number of halogens is 1. The van der Waals surface area contributed by atoms with Gasteiger partial charge >= 0.3 is 0 Å². The summed E-state index contributed by atoms with van der Waals surface area (Å²) in [4.78, 5) is 3.60. The summed E-state index contributed by atoms with van der Waals surface area (Å²) < 4.78 is 11.6. The van der Waals surface area contributed by atoms with Crippen LogP contribution in [0, 0.1) is 5.92 Å². The van der Waals surface area contributed by atoms with Gasteiger partial charge in [0.2, 0.25) is 0 Å². The Morgan fingerprint density at radius 2 is 2.00 bits per heavy atom. The van der Waals surface area contributed by atoms with E-state index in [9.17, 15) is 0 Å². The van der Waals surface area contributed by atoms with Gasteiger partial charge in [0.1, 0.15) is 0 Å². The van der Waals surface area contributed by atoms with Gasteiger partial charge in [-0.3, -0.25) is 0 Å². The molecule has 4 rings (SSSR count). The van der Waals surface area contributed by atoms with Crippen molar-refractivity contribution in [3.63, 3.8) is 0 Å². The van der Waals surface area contributed by atoms with Crippen LogP contribution in [0.2, 0.25) is 5.02 Å². The topological polar surface area (TPSA) is 46.3 Å². The van der Waals surface area contributed by atoms with E-state index in [0.717, 1.165) is 47.0 Å². The molecule has 1 aromatic heterocycles. The number of hydrogen-bond donors (Lipinski definition) is 2. The Bertz CT molecular complexity index is 980. The van der Waals surface area contributed by atoms with Gasteiger partial charge in [-0.05, 0) is 60.2 Å². The zero-order valence-corrected chi connectivity index (χ0v) is 17.4. The normalized spacial score (nSPS) is 16.4. The first-order valence-electron chi connectivity index (χ1n) is 9.91. The second-order valence-corrected chi connectivity index (χ2v) is 8.22. The summed E-state index contributed by atoms with van der Waals surface area (Å²) in [6.07, 6.45) is 2.01. The SMILES string of the molecule is COc1cc(C2NCCc3c2[nH]c2ccc(Cl)cc32)ccc1OCCC(C)C. The Labute approximate surface area is 171 Å². The molecule has 3 aromatic rings. The maximum absolute atomic E-state index is 6.23. The summed E-state index contributed by atoms with van der Waals surface area (Å²) in [5, 5.41) is 5.62. The van der Waals surface area contributed by atoms with Crippen LogP contribution >= 0.6 is 11.6 Å². The summed E-state index contributed by atoms with van der Waals surface area (Å²) in [5.74, 6) is 2.19. The number of hydrogen-bond acceptors (Lipinski definition) is 3. The third-order valence-corrected chi connectivity index (χ3v) is 5.62. The Hall–Kier alpha value is -2.17. The van der Waals surface area contributed by atoms with Crippen LogP contribution in [0.4, 0.5) is 0 Å². The maximum Gasteiger partial charge on any atom is 0.161 e. The summed E-state index contributed by atoms with van der Waals surface area (Å²) in [6.45, 7) is 6.02. The molecule has 2 heterocycles. The summed E-state index contributed by atoms with van der Waals surface area (Å²) in [5.41, 5.74) is 4.84. The molecule has 0 bridgehead atoms.